The molecular weight excluding hydrogens is 340 g/mol. The van der Waals surface area contributed by atoms with Gasteiger partial charge in [0.15, 0.2) is 11.5 Å². The lowest BCUT2D eigenvalue weighted by Crippen LogP contribution is -2.19. The Hall–Kier alpha value is -3.42. The number of amides is 1. The second-order valence-corrected chi connectivity index (χ2v) is 5.25. The molecule has 3 N–H and O–H groups in total. The van der Waals surface area contributed by atoms with Crippen molar-refractivity contribution in [1.29, 1.82) is 0 Å². The Morgan fingerprint density at radius 2 is 1.62 bits per heavy atom. The van der Waals surface area contributed by atoms with Gasteiger partial charge >= 0.3 is 0 Å². The number of carbonyl (C=O) groups excluding carboxylic acids is 1. The molecule has 8 nitrogen and oxygen atoms in total. The zero-order chi connectivity index (χ0) is 19.3. The maximum absolute atomic E-state index is 12.4. The lowest BCUT2D eigenvalue weighted by molar-refractivity contribution is 0.0954. The molecule has 0 aliphatic heterocycles. The minimum Gasteiger partial charge on any atom is -0.508 e. The summed E-state index contributed by atoms with van der Waals surface area (Å²) in [6.45, 7) is 1.61. The fourth-order valence-electron chi connectivity index (χ4n) is 2.30. The van der Waals surface area contributed by atoms with E-state index in [0.717, 1.165) is 0 Å². The molecule has 2 aromatic carbocycles. The number of aromatic hydroxyl groups is 2. The lowest BCUT2D eigenvalue weighted by atomic mass is 10.1. The van der Waals surface area contributed by atoms with Crippen molar-refractivity contribution in [2.45, 2.75) is 6.92 Å². The molecule has 8 heteroatoms. The normalized spacial score (nSPS) is 11.0. The Kier molecular flexibility index (Phi) is 5.90. The van der Waals surface area contributed by atoms with E-state index < -0.39 is 5.91 Å². The van der Waals surface area contributed by atoms with Gasteiger partial charge in [0.2, 0.25) is 5.75 Å². The van der Waals surface area contributed by atoms with E-state index in [1.807, 2.05) is 0 Å². The van der Waals surface area contributed by atoms with Crippen molar-refractivity contribution in [2.75, 3.05) is 21.3 Å². The fourth-order valence-corrected chi connectivity index (χ4v) is 2.30. The van der Waals surface area contributed by atoms with Crippen LogP contribution in [-0.2, 0) is 0 Å². The Balaban J connectivity index is 2.27. The number of carbonyl (C=O) groups is 1. The molecule has 0 saturated carbocycles. The predicted octanol–water partition coefficient (Wildman–Crippen LogP) is 2.28. The van der Waals surface area contributed by atoms with Gasteiger partial charge in [0.05, 0.1) is 27.0 Å². The smallest absolute Gasteiger partial charge is 0.271 e. The van der Waals surface area contributed by atoms with Crippen LogP contribution in [0.1, 0.15) is 22.8 Å². The summed E-state index contributed by atoms with van der Waals surface area (Å²) in [5, 5.41) is 23.1. The number of nitrogens with zero attached hydrogens (tertiary/aromatic N) is 1. The van der Waals surface area contributed by atoms with Crippen molar-refractivity contribution in [1.82, 2.24) is 5.43 Å². The maximum Gasteiger partial charge on any atom is 0.271 e. The molecule has 0 aromatic heterocycles. The molecule has 1 amide bonds. The van der Waals surface area contributed by atoms with Crippen LogP contribution in [0.15, 0.2) is 35.4 Å². The number of benzene rings is 2. The number of methoxy groups -OCH3 is 3. The molecule has 2 rings (SSSR count). The van der Waals surface area contributed by atoms with E-state index in [1.165, 1.54) is 51.7 Å². The van der Waals surface area contributed by atoms with Crippen LogP contribution in [0.5, 0.6) is 28.7 Å². The van der Waals surface area contributed by atoms with Gasteiger partial charge in [-0.2, -0.15) is 5.10 Å². The fraction of sp³-hybridized carbons (Fsp3) is 0.222. The summed E-state index contributed by atoms with van der Waals surface area (Å²) in [6.07, 6.45) is 0. The first-order valence-electron chi connectivity index (χ1n) is 7.58. The molecule has 0 spiro atoms. The molecule has 0 radical (unpaired) electrons. The van der Waals surface area contributed by atoms with Gasteiger partial charge in [-0.25, -0.2) is 5.43 Å². The topological polar surface area (TPSA) is 110 Å². The van der Waals surface area contributed by atoms with Gasteiger partial charge in [-0.05, 0) is 31.2 Å². The Labute approximate surface area is 150 Å². The third kappa shape index (κ3) is 3.97. The molecular formula is C18H20N2O6. The van der Waals surface area contributed by atoms with Crippen LogP contribution in [0.4, 0.5) is 0 Å². The van der Waals surface area contributed by atoms with Crippen molar-refractivity contribution in [3.05, 3.63) is 41.5 Å². The highest BCUT2D eigenvalue weighted by atomic mass is 16.5. The summed E-state index contributed by atoms with van der Waals surface area (Å²) in [6, 6.07) is 7.10. The molecule has 0 fully saturated rings. The van der Waals surface area contributed by atoms with Crippen molar-refractivity contribution >= 4 is 11.6 Å². The molecule has 0 aliphatic carbocycles. The quantitative estimate of drug-likeness (QED) is 0.539. The lowest BCUT2D eigenvalue weighted by Gasteiger charge is -2.13. The molecule has 138 valence electrons. The van der Waals surface area contributed by atoms with Crippen molar-refractivity contribution in [2.24, 2.45) is 5.10 Å². The van der Waals surface area contributed by atoms with Crippen molar-refractivity contribution in [3.63, 3.8) is 0 Å². The highest BCUT2D eigenvalue weighted by Crippen LogP contribution is 2.38. The summed E-state index contributed by atoms with van der Waals surface area (Å²) in [4.78, 5) is 12.4. The number of hydrogen-bond donors (Lipinski definition) is 3. The van der Waals surface area contributed by atoms with E-state index in [9.17, 15) is 15.0 Å². The predicted molar refractivity (Wildman–Crippen MR) is 95.5 cm³/mol. The number of ether oxygens (including phenoxy) is 3. The van der Waals surface area contributed by atoms with E-state index in [4.69, 9.17) is 14.2 Å². The Morgan fingerprint density at radius 3 is 2.12 bits per heavy atom. The van der Waals surface area contributed by atoms with E-state index >= 15 is 0 Å². The van der Waals surface area contributed by atoms with Crippen LogP contribution < -0.4 is 19.6 Å². The van der Waals surface area contributed by atoms with Crippen molar-refractivity contribution < 1.29 is 29.2 Å². The van der Waals surface area contributed by atoms with Crippen LogP contribution in [0, 0.1) is 0 Å². The van der Waals surface area contributed by atoms with Crippen molar-refractivity contribution in [3.8, 4) is 28.7 Å². The van der Waals surface area contributed by atoms with Gasteiger partial charge in [-0.15, -0.1) is 0 Å². The first-order valence-corrected chi connectivity index (χ1v) is 7.58. The highest BCUT2D eigenvalue weighted by Gasteiger charge is 2.17. The zero-order valence-corrected chi connectivity index (χ0v) is 14.9. The number of hydrazone groups is 1. The summed E-state index contributed by atoms with van der Waals surface area (Å²) < 4.78 is 15.6. The van der Waals surface area contributed by atoms with Gasteiger partial charge in [-0.3, -0.25) is 4.79 Å². The number of nitrogens with one attached hydrogen (secondary N) is 1. The highest BCUT2D eigenvalue weighted by molar-refractivity contribution is 6.03. The van der Waals surface area contributed by atoms with Gasteiger partial charge < -0.3 is 24.4 Å². The number of rotatable bonds is 6. The minimum atomic E-state index is -0.498. The number of phenolic OH excluding ortho intramolecular Hbond substituents is 2. The molecule has 0 unspecified atom stereocenters. The molecule has 0 aliphatic rings. The number of hydrogen-bond acceptors (Lipinski definition) is 7. The molecule has 0 heterocycles. The molecule has 26 heavy (non-hydrogen) atoms. The average Bonchev–Trinajstić information content (AvgIpc) is 2.64. The Morgan fingerprint density at radius 1 is 1.00 bits per heavy atom. The molecule has 0 bridgehead atoms. The van der Waals surface area contributed by atoms with Crippen LogP contribution in [0.3, 0.4) is 0 Å². The van der Waals surface area contributed by atoms with Crippen LogP contribution in [0.2, 0.25) is 0 Å². The van der Waals surface area contributed by atoms with E-state index in [1.54, 1.807) is 6.92 Å². The number of phenols is 2. The molecule has 2 aromatic rings. The summed E-state index contributed by atoms with van der Waals surface area (Å²) in [5.41, 5.74) is 3.40. The molecule has 0 saturated heterocycles. The maximum atomic E-state index is 12.4. The van der Waals surface area contributed by atoms with Gasteiger partial charge in [0, 0.05) is 17.2 Å². The van der Waals surface area contributed by atoms with E-state index in [-0.39, 0.29) is 17.1 Å². The molecule has 0 atom stereocenters. The third-order valence-electron chi connectivity index (χ3n) is 3.62. The average molecular weight is 360 g/mol. The van der Waals surface area contributed by atoms with Crippen LogP contribution in [-0.4, -0.2) is 43.2 Å². The van der Waals surface area contributed by atoms with E-state index in [2.05, 4.69) is 10.5 Å². The van der Waals surface area contributed by atoms with Gasteiger partial charge in [0.1, 0.15) is 11.5 Å². The van der Waals surface area contributed by atoms with Gasteiger partial charge in [-0.1, -0.05) is 0 Å². The third-order valence-corrected chi connectivity index (χ3v) is 3.62. The first kappa shape index (κ1) is 18.9. The van der Waals surface area contributed by atoms with Crippen LogP contribution >= 0.6 is 0 Å². The monoisotopic (exact) mass is 360 g/mol. The summed E-state index contributed by atoms with van der Waals surface area (Å²) in [7, 11) is 4.38. The SMILES string of the molecule is COc1cc(C(=O)N/N=C(\C)c2ccc(O)cc2O)cc(OC)c1OC. The van der Waals surface area contributed by atoms with Crippen LogP contribution in [0.25, 0.3) is 0 Å². The minimum absolute atomic E-state index is 0.0690. The summed E-state index contributed by atoms with van der Waals surface area (Å²) >= 11 is 0. The van der Waals surface area contributed by atoms with E-state index in [0.29, 0.717) is 28.5 Å². The second kappa shape index (κ2) is 8.11. The first-order chi connectivity index (χ1) is 12.4. The van der Waals surface area contributed by atoms with Gasteiger partial charge in [0.25, 0.3) is 5.91 Å². The largest absolute Gasteiger partial charge is 0.508 e. The Bertz CT molecular complexity index is 823. The second-order valence-electron chi connectivity index (χ2n) is 5.25. The zero-order valence-electron chi connectivity index (χ0n) is 14.9. The summed E-state index contributed by atoms with van der Waals surface area (Å²) in [5.74, 6) is 0.346. The standard InChI is InChI=1S/C18H20N2O6/c1-10(13-6-5-12(21)9-14(13)22)19-20-18(23)11-7-15(24-2)17(26-4)16(8-11)25-3/h5-9,21-22H,1-4H3,(H,20,23)/b19-10+.